The van der Waals surface area contributed by atoms with Gasteiger partial charge in [0.15, 0.2) is 0 Å². The molecule has 0 aromatic carbocycles. The quantitative estimate of drug-likeness (QED) is 0.260. The minimum atomic E-state index is 0. The maximum absolute atomic E-state index is 7.33. The topological polar surface area (TPSA) is 20.2 Å². The van der Waals surface area contributed by atoms with Crippen LogP contribution in [0.5, 0.6) is 0 Å². The van der Waals surface area contributed by atoms with Crippen LogP contribution in [0.15, 0.2) is 26.0 Å². The van der Waals surface area contributed by atoms with E-state index in [0.29, 0.717) is 0 Å². The number of hydrogen-bond donors (Lipinski definition) is 1. The number of rotatable bonds is 0. The van der Waals surface area contributed by atoms with E-state index in [-0.39, 0.29) is 18.9 Å². The zero-order chi connectivity index (χ0) is 4.71. The molecule has 1 N–H and O–H groups in total. The van der Waals surface area contributed by atoms with Crippen molar-refractivity contribution in [2.45, 2.75) is 0 Å². The molecular formula is C4H9LiO. The van der Waals surface area contributed by atoms with Gasteiger partial charge in [-0.3, -0.25) is 0 Å². The Morgan fingerprint density at radius 3 is 1.33 bits per heavy atom. The minimum absolute atomic E-state index is 0. The molecule has 0 bridgehead atoms. The average Bonchev–Trinajstić information content (AvgIpc) is 1.46. The molecule has 0 unspecified atom stereocenters. The molecule has 0 radical (unpaired) electrons. The predicted molar refractivity (Wildman–Crippen MR) is 31.2 cm³/mol. The van der Waals surface area contributed by atoms with Crippen LogP contribution in [0.2, 0.25) is 0 Å². The van der Waals surface area contributed by atoms with Gasteiger partial charge in [0.05, 0.1) is 6.26 Å². The summed E-state index contributed by atoms with van der Waals surface area (Å²) in [6.45, 7) is 8.92. The summed E-state index contributed by atoms with van der Waals surface area (Å²) in [6.07, 6.45) is 0.750. The van der Waals surface area contributed by atoms with E-state index < -0.39 is 0 Å². The van der Waals surface area contributed by atoms with Gasteiger partial charge in [-0.2, -0.15) is 0 Å². The Hall–Kier alpha value is -0.123. The Bertz CT molecular complexity index is 21.5. The van der Waals surface area contributed by atoms with Crippen LogP contribution in [-0.4, -0.2) is 24.0 Å². The first-order valence-corrected chi connectivity index (χ1v) is 1.17. The summed E-state index contributed by atoms with van der Waals surface area (Å²) in [6, 6.07) is 0. The number of aliphatic hydroxyl groups is 1. The number of hydrogen-bond acceptors (Lipinski definition) is 1. The van der Waals surface area contributed by atoms with Crippen LogP contribution < -0.4 is 0 Å². The monoisotopic (exact) mass is 80.1 g/mol. The average molecular weight is 80.1 g/mol. The van der Waals surface area contributed by atoms with E-state index in [1.165, 1.54) is 0 Å². The number of aliphatic hydroxyl groups excluding tert-OH is 1. The summed E-state index contributed by atoms with van der Waals surface area (Å²) in [5.41, 5.74) is 0. The van der Waals surface area contributed by atoms with Crippen molar-refractivity contribution in [2.75, 3.05) is 0 Å². The Morgan fingerprint density at radius 1 is 1.33 bits per heavy atom. The molecule has 0 aliphatic carbocycles. The van der Waals surface area contributed by atoms with E-state index in [2.05, 4.69) is 19.7 Å². The van der Waals surface area contributed by atoms with Gasteiger partial charge in [0, 0.05) is 0 Å². The fourth-order valence-electron chi connectivity index (χ4n) is 0. The second-order valence-corrected chi connectivity index (χ2v) is 0.183. The zero-order valence-electron chi connectivity index (χ0n) is 3.15. The molecule has 0 amide bonds. The van der Waals surface area contributed by atoms with Crippen LogP contribution in [0, 0.1) is 0 Å². The second-order valence-electron chi connectivity index (χ2n) is 0.183. The molecule has 32 valence electrons. The van der Waals surface area contributed by atoms with Gasteiger partial charge in [0.1, 0.15) is 0 Å². The van der Waals surface area contributed by atoms with Crippen LogP contribution in [0.4, 0.5) is 0 Å². The molecular weight excluding hydrogens is 71.0 g/mol. The summed E-state index contributed by atoms with van der Waals surface area (Å²) in [4.78, 5) is 0. The molecule has 0 aliphatic heterocycles. The van der Waals surface area contributed by atoms with Crippen LogP contribution in [0.1, 0.15) is 0 Å². The molecule has 0 aromatic rings. The molecule has 0 aromatic heterocycles. The van der Waals surface area contributed by atoms with Gasteiger partial charge in [-0.1, -0.05) is 6.58 Å². The van der Waals surface area contributed by atoms with E-state index in [1.54, 1.807) is 0 Å². The molecule has 0 spiro atoms. The predicted octanol–water partition coefficient (Wildman–Crippen LogP) is 0.842. The molecule has 0 saturated carbocycles. The first-order valence-electron chi connectivity index (χ1n) is 1.17. The normalized spacial score (nSPS) is 2.67. The third-order valence-electron chi connectivity index (χ3n) is 0. The van der Waals surface area contributed by atoms with Crippen molar-refractivity contribution < 1.29 is 5.11 Å². The molecule has 0 aliphatic rings. The molecule has 0 rings (SSSR count). The van der Waals surface area contributed by atoms with Crippen molar-refractivity contribution >= 4 is 18.9 Å². The van der Waals surface area contributed by atoms with Gasteiger partial charge in [0.2, 0.25) is 0 Å². The molecule has 6 heavy (non-hydrogen) atoms. The van der Waals surface area contributed by atoms with Crippen molar-refractivity contribution in [3.05, 3.63) is 26.0 Å². The maximum atomic E-state index is 7.33. The molecule has 0 atom stereocenters. The van der Waals surface area contributed by atoms with Crippen molar-refractivity contribution in [2.24, 2.45) is 0 Å². The van der Waals surface area contributed by atoms with E-state index >= 15 is 0 Å². The van der Waals surface area contributed by atoms with Gasteiger partial charge in [0.25, 0.3) is 0 Å². The van der Waals surface area contributed by atoms with E-state index in [4.69, 9.17) is 5.11 Å². The zero-order valence-corrected chi connectivity index (χ0v) is 3.15. The summed E-state index contributed by atoms with van der Waals surface area (Å²) < 4.78 is 0. The standard InChI is InChI=1S/C2H4O.C2H4.Li.H/c1-2-3;1-2;;/h2-3H,1H2;1-2H2;;. The first-order chi connectivity index (χ1) is 2.41. The van der Waals surface area contributed by atoms with Crippen LogP contribution in [0.3, 0.4) is 0 Å². The summed E-state index contributed by atoms with van der Waals surface area (Å²) in [5, 5.41) is 7.33. The van der Waals surface area contributed by atoms with Gasteiger partial charge in [-0.25, -0.2) is 0 Å². The van der Waals surface area contributed by atoms with Crippen molar-refractivity contribution in [1.82, 2.24) is 0 Å². The molecule has 0 heterocycles. The first kappa shape index (κ1) is 16.9. The van der Waals surface area contributed by atoms with Crippen LogP contribution >= 0.6 is 0 Å². The third-order valence-corrected chi connectivity index (χ3v) is 0. The van der Waals surface area contributed by atoms with E-state index in [0.717, 1.165) is 6.26 Å². The SMILES string of the molecule is C=C.C=CO.[LiH]. The Balaban J connectivity index is -0.0000000275. The van der Waals surface area contributed by atoms with Gasteiger partial charge in [-0.15, -0.1) is 13.2 Å². The molecule has 0 saturated heterocycles. The molecule has 1 nitrogen and oxygen atoms in total. The molecule has 0 fully saturated rings. The van der Waals surface area contributed by atoms with Crippen LogP contribution in [-0.2, 0) is 0 Å². The summed E-state index contributed by atoms with van der Waals surface area (Å²) in [5.74, 6) is 0. The fourth-order valence-corrected chi connectivity index (χ4v) is 0. The van der Waals surface area contributed by atoms with E-state index in [9.17, 15) is 0 Å². The van der Waals surface area contributed by atoms with Crippen molar-refractivity contribution in [1.29, 1.82) is 0 Å². The van der Waals surface area contributed by atoms with Gasteiger partial charge >= 0.3 is 18.9 Å². The van der Waals surface area contributed by atoms with Gasteiger partial charge in [-0.05, 0) is 0 Å². The van der Waals surface area contributed by atoms with Crippen LogP contribution in [0.25, 0.3) is 0 Å². The Labute approximate surface area is 50.6 Å². The Kier molecular flexibility index (Phi) is 268. The molecule has 2 heteroatoms. The summed E-state index contributed by atoms with van der Waals surface area (Å²) >= 11 is 0. The van der Waals surface area contributed by atoms with Gasteiger partial charge < -0.3 is 5.11 Å². The van der Waals surface area contributed by atoms with Crippen molar-refractivity contribution in [3.8, 4) is 0 Å². The van der Waals surface area contributed by atoms with E-state index in [1.807, 2.05) is 0 Å². The van der Waals surface area contributed by atoms with Crippen molar-refractivity contribution in [3.63, 3.8) is 0 Å². The summed E-state index contributed by atoms with van der Waals surface area (Å²) in [7, 11) is 0. The Morgan fingerprint density at radius 2 is 1.33 bits per heavy atom. The second kappa shape index (κ2) is 95.3. The third kappa shape index (κ3) is 2140. The fraction of sp³-hybridized carbons (Fsp3) is 0.